The largest absolute Gasteiger partial charge is 0.383 e. The van der Waals surface area contributed by atoms with E-state index >= 15 is 0 Å². The van der Waals surface area contributed by atoms with Gasteiger partial charge in [-0.3, -0.25) is 9.48 Å². The van der Waals surface area contributed by atoms with Crippen molar-refractivity contribution >= 4 is 5.69 Å². The predicted molar refractivity (Wildman–Crippen MR) is 58.1 cm³/mol. The standard InChI is InChI=1S/C9H12N6O/c1-15-6-11-8(14-15)2-3-10-7-4-9(16)13-12-5-7/h4-6H,2-3H2,1H3,(H2,10,13,16). The highest BCUT2D eigenvalue weighted by molar-refractivity contribution is 5.38. The molecule has 7 nitrogen and oxygen atoms in total. The summed E-state index contributed by atoms with van der Waals surface area (Å²) in [5, 5.41) is 13.2. The molecule has 0 aliphatic carbocycles. The van der Waals surface area contributed by atoms with Crippen LogP contribution in [0.15, 0.2) is 23.4 Å². The van der Waals surface area contributed by atoms with Gasteiger partial charge in [-0.05, 0) is 0 Å². The third kappa shape index (κ3) is 2.66. The Hall–Kier alpha value is -2.18. The van der Waals surface area contributed by atoms with E-state index in [4.69, 9.17) is 0 Å². The molecule has 0 saturated carbocycles. The van der Waals surface area contributed by atoms with Gasteiger partial charge in [0.15, 0.2) is 5.82 Å². The van der Waals surface area contributed by atoms with Gasteiger partial charge in [0, 0.05) is 26.1 Å². The molecule has 0 aromatic carbocycles. The van der Waals surface area contributed by atoms with Gasteiger partial charge < -0.3 is 5.32 Å². The van der Waals surface area contributed by atoms with Crippen molar-refractivity contribution in [2.45, 2.75) is 6.42 Å². The summed E-state index contributed by atoms with van der Waals surface area (Å²) < 4.78 is 1.66. The van der Waals surface area contributed by atoms with E-state index in [2.05, 4.69) is 25.6 Å². The van der Waals surface area contributed by atoms with Crippen LogP contribution in [-0.4, -0.2) is 31.5 Å². The summed E-state index contributed by atoms with van der Waals surface area (Å²) in [6.45, 7) is 0.662. The van der Waals surface area contributed by atoms with Crippen molar-refractivity contribution in [2.24, 2.45) is 7.05 Å². The van der Waals surface area contributed by atoms with Crippen LogP contribution in [0.3, 0.4) is 0 Å². The lowest BCUT2D eigenvalue weighted by atomic mass is 10.4. The Morgan fingerprint density at radius 1 is 1.56 bits per heavy atom. The van der Waals surface area contributed by atoms with Gasteiger partial charge in [0.1, 0.15) is 6.33 Å². The Morgan fingerprint density at radius 2 is 2.44 bits per heavy atom. The summed E-state index contributed by atoms with van der Waals surface area (Å²) in [5.41, 5.74) is 0.473. The first kappa shape index (κ1) is 10.3. The maximum Gasteiger partial charge on any atom is 0.266 e. The van der Waals surface area contributed by atoms with Gasteiger partial charge in [0.25, 0.3) is 5.56 Å². The van der Waals surface area contributed by atoms with E-state index in [9.17, 15) is 4.79 Å². The normalized spacial score (nSPS) is 10.3. The highest BCUT2D eigenvalue weighted by Crippen LogP contribution is 1.98. The van der Waals surface area contributed by atoms with Crippen molar-refractivity contribution in [2.75, 3.05) is 11.9 Å². The fourth-order valence-electron chi connectivity index (χ4n) is 1.29. The van der Waals surface area contributed by atoms with E-state index in [0.29, 0.717) is 18.7 Å². The van der Waals surface area contributed by atoms with Crippen LogP contribution in [0.1, 0.15) is 5.82 Å². The SMILES string of the molecule is Cn1cnc(CCNc2cn[nH]c(=O)c2)n1. The van der Waals surface area contributed by atoms with Gasteiger partial charge in [-0.15, -0.1) is 0 Å². The van der Waals surface area contributed by atoms with Crippen LogP contribution < -0.4 is 10.9 Å². The van der Waals surface area contributed by atoms with Gasteiger partial charge in [0.2, 0.25) is 0 Å². The third-order valence-electron chi connectivity index (χ3n) is 1.99. The van der Waals surface area contributed by atoms with E-state index in [1.54, 1.807) is 17.2 Å². The van der Waals surface area contributed by atoms with Gasteiger partial charge in [-0.25, -0.2) is 10.1 Å². The summed E-state index contributed by atoms with van der Waals surface area (Å²) in [7, 11) is 1.82. The summed E-state index contributed by atoms with van der Waals surface area (Å²) >= 11 is 0. The van der Waals surface area contributed by atoms with E-state index < -0.39 is 0 Å². The molecule has 0 saturated heterocycles. The first-order valence-electron chi connectivity index (χ1n) is 4.87. The molecule has 2 aromatic heterocycles. The molecular formula is C9H12N6O. The summed E-state index contributed by atoms with van der Waals surface area (Å²) in [6, 6.07) is 1.46. The Balaban J connectivity index is 1.86. The lowest BCUT2D eigenvalue weighted by Crippen LogP contribution is -2.11. The van der Waals surface area contributed by atoms with Crippen LogP contribution in [0.4, 0.5) is 5.69 Å². The Morgan fingerprint density at radius 3 is 3.12 bits per heavy atom. The molecule has 0 aliphatic rings. The van der Waals surface area contributed by atoms with Gasteiger partial charge in [0.05, 0.1) is 11.9 Å². The average Bonchev–Trinajstić information content (AvgIpc) is 2.64. The summed E-state index contributed by atoms with van der Waals surface area (Å²) in [5.74, 6) is 0.771. The average molecular weight is 220 g/mol. The maximum atomic E-state index is 10.9. The van der Waals surface area contributed by atoms with E-state index in [0.717, 1.165) is 5.82 Å². The fourth-order valence-corrected chi connectivity index (χ4v) is 1.29. The van der Waals surface area contributed by atoms with Crippen LogP contribution in [0.25, 0.3) is 0 Å². The Labute approximate surface area is 91.5 Å². The molecule has 0 atom stereocenters. The predicted octanol–water partition coefficient (Wildman–Crippen LogP) is -0.447. The monoisotopic (exact) mass is 220 g/mol. The number of nitrogens with one attached hydrogen (secondary N) is 2. The Kier molecular flexibility index (Phi) is 2.95. The first-order chi connectivity index (χ1) is 7.74. The molecule has 2 heterocycles. The van der Waals surface area contributed by atoms with Crippen LogP contribution in [-0.2, 0) is 13.5 Å². The van der Waals surface area contributed by atoms with Gasteiger partial charge >= 0.3 is 0 Å². The van der Waals surface area contributed by atoms with E-state index in [-0.39, 0.29) is 5.56 Å². The van der Waals surface area contributed by atoms with Crippen molar-refractivity contribution in [1.29, 1.82) is 0 Å². The zero-order valence-electron chi connectivity index (χ0n) is 8.84. The second kappa shape index (κ2) is 4.56. The molecule has 7 heteroatoms. The molecule has 0 radical (unpaired) electrons. The molecule has 0 fully saturated rings. The quantitative estimate of drug-likeness (QED) is 0.728. The summed E-state index contributed by atoms with van der Waals surface area (Å²) in [4.78, 5) is 15.0. The number of aromatic nitrogens is 5. The number of nitrogens with zero attached hydrogens (tertiary/aromatic N) is 4. The number of aryl methyl sites for hydroxylation is 1. The van der Waals surface area contributed by atoms with Crippen LogP contribution in [0, 0.1) is 0 Å². The summed E-state index contributed by atoms with van der Waals surface area (Å²) in [6.07, 6.45) is 3.92. The van der Waals surface area contributed by atoms with Crippen LogP contribution >= 0.6 is 0 Å². The van der Waals surface area contributed by atoms with Crippen LogP contribution in [0.5, 0.6) is 0 Å². The van der Waals surface area contributed by atoms with Crippen molar-refractivity contribution in [3.63, 3.8) is 0 Å². The van der Waals surface area contributed by atoms with Gasteiger partial charge in [-0.2, -0.15) is 10.2 Å². The lowest BCUT2D eigenvalue weighted by Gasteiger charge is -2.02. The van der Waals surface area contributed by atoms with E-state index in [1.165, 1.54) is 6.07 Å². The van der Waals surface area contributed by atoms with Crippen molar-refractivity contribution < 1.29 is 0 Å². The number of hydrogen-bond acceptors (Lipinski definition) is 5. The second-order valence-electron chi connectivity index (χ2n) is 3.35. The number of H-pyrrole nitrogens is 1. The van der Waals surface area contributed by atoms with Crippen molar-refractivity contribution in [1.82, 2.24) is 25.0 Å². The second-order valence-corrected chi connectivity index (χ2v) is 3.35. The van der Waals surface area contributed by atoms with E-state index in [1.807, 2.05) is 7.05 Å². The molecule has 2 rings (SSSR count). The lowest BCUT2D eigenvalue weighted by molar-refractivity contribution is 0.742. The molecule has 0 spiro atoms. The number of rotatable bonds is 4. The minimum Gasteiger partial charge on any atom is -0.383 e. The number of hydrogen-bond donors (Lipinski definition) is 2. The fraction of sp³-hybridized carbons (Fsp3) is 0.333. The smallest absolute Gasteiger partial charge is 0.266 e. The maximum absolute atomic E-state index is 10.9. The molecule has 2 N–H and O–H groups in total. The topological polar surface area (TPSA) is 88.5 Å². The van der Waals surface area contributed by atoms with Crippen LogP contribution in [0.2, 0.25) is 0 Å². The molecule has 84 valence electrons. The minimum absolute atomic E-state index is 0.221. The highest BCUT2D eigenvalue weighted by Gasteiger charge is 1.98. The molecule has 0 aliphatic heterocycles. The van der Waals surface area contributed by atoms with Gasteiger partial charge in [-0.1, -0.05) is 0 Å². The minimum atomic E-state index is -0.221. The van der Waals surface area contributed by atoms with Crippen molar-refractivity contribution in [3.8, 4) is 0 Å². The highest BCUT2D eigenvalue weighted by atomic mass is 16.1. The first-order valence-corrected chi connectivity index (χ1v) is 4.87. The molecule has 2 aromatic rings. The zero-order chi connectivity index (χ0) is 11.4. The number of anilines is 1. The molecule has 0 bridgehead atoms. The molecular weight excluding hydrogens is 208 g/mol. The molecule has 0 amide bonds. The Bertz CT molecular complexity index is 516. The molecule has 16 heavy (non-hydrogen) atoms. The third-order valence-corrected chi connectivity index (χ3v) is 1.99. The molecule has 0 unspecified atom stereocenters. The zero-order valence-corrected chi connectivity index (χ0v) is 8.84. The van der Waals surface area contributed by atoms with Crippen molar-refractivity contribution in [3.05, 3.63) is 34.8 Å². The number of aromatic amines is 1.